The minimum Gasteiger partial charge on any atom is -0.506 e. The van der Waals surface area contributed by atoms with E-state index in [2.05, 4.69) is 49.1 Å². The van der Waals surface area contributed by atoms with E-state index in [1.807, 2.05) is 84.9 Å². The highest BCUT2D eigenvalue weighted by atomic mass is 28.4. The molecule has 6 aromatic rings. The third kappa shape index (κ3) is 8.94. The number of anilines is 1. The number of phenols is 1. The first-order chi connectivity index (χ1) is 29.7. The van der Waals surface area contributed by atoms with Crippen LogP contribution in [0.1, 0.15) is 56.4 Å². The molecule has 0 radical (unpaired) electrons. The summed E-state index contributed by atoms with van der Waals surface area (Å²) < 4.78 is 14.3. The fourth-order valence-corrected chi connectivity index (χ4v) is 10.1. The number of H-pyrrole nitrogens is 1. The van der Waals surface area contributed by atoms with Gasteiger partial charge in [0.1, 0.15) is 5.75 Å². The first-order valence-corrected chi connectivity index (χ1v) is 24.5. The molecule has 12 nitrogen and oxygen atoms in total. The lowest BCUT2D eigenvalue weighted by Crippen LogP contribution is -2.59. The number of amides is 1. The number of pyridine rings is 1. The second kappa shape index (κ2) is 17.6. The second-order valence-corrected chi connectivity index (χ2v) is 23.0. The molecule has 2 atom stereocenters. The van der Waals surface area contributed by atoms with E-state index in [1.165, 1.54) is 6.07 Å². The van der Waals surface area contributed by atoms with Crippen molar-refractivity contribution >= 4 is 48.2 Å². The van der Waals surface area contributed by atoms with Crippen LogP contribution in [-0.4, -0.2) is 77.8 Å². The van der Waals surface area contributed by atoms with E-state index in [-0.39, 0.29) is 35.0 Å². The normalized spacial score (nSPS) is 18.5. The number of rotatable bonds is 14. The smallest absolute Gasteiger partial charge is 0.420 e. The van der Waals surface area contributed by atoms with Gasteiger partial charge in [-0.25, -0.2) is 9.59 Å². The quantitative estimate of drug-likeness (QED) is 0.0621. The highest BCUT2D eigenvalue weighted by Crippen LogP contribution is 2.42. The van der Waals surface area contributed by atoms with Crippen LogP contribution in [0, 0.1) is 5.92 Å². The van der Waals surface area contributed by atoms with Gasteiger partial charge in [0.2, 0.25) is 5.56 Å². The molecule has 13 heteroatoms. The molecule has 324 valence electrons. The Labute approximate surface area is 362 Å². The van der Waals surface area contributed by atoms with Crippen LogP contribution in [0.15, 0.2) is 111 Å². The zero-order valence-corrected chi connectivity index (χ0v) is 37.2. The minimum absolute atomic E-state index is 0.0129. The number of aromatic hydroxyl groups is 1. The van der Waals surface area contributed by atoms with Crippen LogP contribution in [-0.2, 0) is 17.4 Å². The maximum atomic E-state index is 13.2. The molecule has 4 aromatic carbocycles. The molecule has 3 aliphatic heterocycles. The van der Waals surface area contributed by atoms with Crippen LogP contribution in [0.5, 0.6) is 5.75 Å². The van der Waals surface area contributed by atoms with Crippen molar-refractivity contribution in [2.45, 2.75) is 76.9 Å². The number of nitrogens with one attached hydrogen (secondary N) is 2. The van der Waals surface area contributed by atoms with Gasteiger partial charge in [0, 0.05) is 36.7 Å². The maximum Gasteiger partial charge on any atom is 0.420 e. The molecule has 3 aliphatic rings. The summed E-state index contributed by atoms with van der Waals surface area (Å²) in [6.07, 6.45) is 5.24. The Kier molecular flexibility index (Phi) is 12.2. The zero-order valence-electron chi connectivity index (χ0n) is 36.2. The Balaban J connectivity index is 0.970. The van der Waals surface area contributed by atoms with E-state index in [0.29, 0.717) is 47.7 Å². The Morgan fingerprint density at radius 3 is 2.50 bits per heavy atom. The van der Waals surface area contributed by atoms with Gasteiger partial charge < -0.3 is 34.3 Å². The van der Waals surface area contributed by atoms with Gasteiger partial charge >= 0.3 is 11.8 Å². The van der Waals surface area contributed by atoms with Crippen LogP contribution in [0.2, 0.25) is 18.1 Å². The van der Waals surface area contributed by atoms with Crippen LogP contribution in [0.3, 0.4) is 0 Å². The van der Waals surface area contributed by atoms with Crippen molar-refractivity contribution in [1.82, 2.24) is 19.8 Å². The van der Waals surface area contributed by atoms with Crippen molar-refractivity contribution in [2.75, 3.05) is 37.6 Å². The lowest BCUT2D eigenvalue weighted by atomic mass is 9.82. The van der Waals surface area contributed by atoms with Gasteiger partial charge in [-0.05, 0) is 116 Å². The predicted octanol–water partition coefficient (Wildman–Crippen LogP) is 9.00. The average molecular weight is 856 g/mol. The molecule has 0 saturated carbocycles. The molecule has 0 aliphatic carbocycles. The lowest BCUT2D eigenvalue weighted by Gasteiger charge is -2.48. The topological polar surface area (TPSA) is 153 Å². The summed E-state index contributed by atoms with van der Waals surface area (Å²) in [5.74, 6) is -0.116. The number of allylic oxidation sites excluding steroid dienone is 1. The number of fused-ring (bicyclic) bond motifs is 5. The summed E-state index contributed by atoms with van der Waals surface area (Å²) >= 11 is 0. The number of aromatic amines is 1. The van der Waals surface area contributed by atoms with E-state index in [4.69, 9.17) is 8.84 Å². The molecule has 4 N–H and O–H groups in total. The van der Waals surface area contributed by atoms with Gasteiger partial charge in [-0.3, -0.25) is 14.3 Å². The van der Waals surface area contributed by atoms with Gasteiger partial charge in [0.25, 0.3) is 0 Å². The number of piperidine rings is 3. The lowest BCUT2D eigenvalue weighted by molar-refractivity contribution is 0.0838. The van der Waals surface area contributed by atoms with Gasteiger partial charge in [0.05, 0.1) is 28.9 Å². The molecular weight excluding hydrogens is 799 g/mol. The van der Waals surface area contributed by atoms with Crippen LogP contribution < -0.4 is 21.5 Å². The van der Waals surface area contributed by atoms with Crippen molar-refractivity contribution in [3.63, 3.8) is 0 Å². The van der Waals surface area contributed by atoms with E-state index >= 15 is 0 Å². The number of oxazole rings is 1. The van der Waals surface area contributed by atoms with E-state index in [0.717, 1.165) is 65.7 Å². The number of hydrogen-bond acceptors (Lipinski definition) is 8. The Bertz CT molecular complexity index is 2730. The molecule has 62 heavy (non-hydrogen) atoms. The molecule has 1 amide bonds. The predicted molar refractivity (Wildman–Crippen MR) is 249 cm³/mol. The van der Waals surface area contributed by atoms with E-state index in [9.17, 15) is 24.6 Å². The van der Waals surface area contributed by atoms with E-state index < -0.39 is 20.2 Å². The Morgan fingerprint density at radius 2 is 1.79 bits per heavy atom. The van der Waals surface area contributed by atoms with Crippen LogP contribution in [0.25, 0.3) is 39.2 Å². The highest BCUT2D eigenvalue weighted by Gasteiger charge is 2.41. The van der Waals surface area contributed by atoms with Gasteiger partial charge in [-0.15, -0.1) is 0 Å². The maximum absolute atomic E-state index is 13.2. The van der Waals surface area contributed by atoms with Crippen molar-refractivity contribution in [2.24, 2.45) is 5.92 Å². The number of carbonyl (C=O) groups is 1. The fourth-order valence-electron chi connectivity index (χ4n) is 8.85. The molecule has 1 unspecified atom stereocenters. The summed E-state index contributed by atoms with van der Waals surface area (Å²) in [5.41, 5.74) is 6.54. The van der Waals surface area contributed by atoms with Crippen molar-refractivity contribution in [3.05, 3.63) is 135 Å². The minimum atomic E-state index is -2.23. The number of nitrogens with zero attached hydrogens (tertiary/aromatic N) is 3. The van der Waals surface area contributed by atoms with E-state index in [1.54, 1.807) is 21.6 Å². The molecule has 3 saturated heterocycles. The van der Waals surface area contributed by atoms with Crippen molar-refractivity contribution in [1.29, 1.82) is 0 Å². The van der Waals surface area contributed by atoms with Gasteiger partial charge in [0.15, 0.2) is 13.9 Å². The van der Waals surface area contributed by atoms with Gasteiger partial charge in [-0.2, -0.15) is 0 Å². The molecule has 2 aromatic heterocycles. The molecule has 2 bridgehead atoms. The van der Waals surface area contributed by atoms with Crippen LogP contribution in [0.4, 0.5) is 10.5 Å². The number of hydrogen-bond donors (Lipinski definition) is 4. The summed E-state index contributed by atoms with van der Waals surface area (Å²) in [5, 5.41) is 25.5. The average Bonchev–Trinajstić information content (AvgIpc) is 3.56. The number of phenolic OH excluding ortho intramolecular Hbond substituents is 1. The first-order valence-electron chi connectivity index (χ1n) is 21.6. The molecule has 3 fully saturated rings. The largest absolute Gasteiger partial charge is 0.506 e. The summed E-state index contributed by atoms with van der Waals surface area (Å²) in [6.45, 7) is 15.2. The monoisotopic (exact) mass is 855 g/mol. The third-order valence-electron chi connectivity index (χ3n) is 13.3. The number of benzene rings is 4. The summed E-state index contributed by atoms with van der Waals surface area (Å²) in [6, 6.07) is 28.3. The molecule has 9 rings (SSSR count). The Hall–Kier alpha value is -5.73. The molecule has 5 heterocycles. The molecule has 0 spiro atoms. The van der Waals surface area contributed by atoms with Crippen molar-refractivity contribution in [3.8, 4) is 16.9 Å². The summed E-state index contributed by atoms with van der Waals surface area (Å²) in [7, 11) is -2.23. The third-order valence-corrected chi connectivity index (χ3v) is 17.8. The zero-order chi connectivity index (χ0) is 43.8. The fraction of sp³-hybridized carbons (Fsp3) is 0.367. The Morgan fingerprint density at radius 1 is 1.02 bits per heavy atom. The number of aromatic nitrogens is 2. The highest BCUT2D eigenvalue weighted by molar-refractivity contribution is 6.74. The second-order valence-electron chi connectivity index (χ2n) is 18.3. The summed E-state index contributed by atoms with van der Waals surface area (Å²) in [4.78, 5) is 45.1. The van der Waals surface area contributed by atoms with Gasteiger partial charge in [-0.1, -0.05) is 87.5 Å². The SMILES string of the molecule is CC(C)(C)[Si](C)(C)O[C@@H](CNCCc1ccc2c(c1)oc(=O)n2CC=Cc1ccc(-c2ccccc2)c(N(C(=O)O)C2CN3CCC2CC3)c1)c1ccc(O)c2[nH]c(=O)ccc12. The first kappa shape index (κ1) is 42.9. The standard InChI is InChI=1S/C49H57N5O7Si/c1-49(2,3)62(4,5)61-44(37-16-19-42(55)46-38(37)17-20-45(56)51-46)30-50-24-21-33-14-18-39-43(29-33)60-48(59)53(39)25-9-10-32-13-15-36(34-11-7-6-8-12-34)40(28-32)54(47(57)58)41-31-52-26-22-35(41)23-27-52/h6-20,28-29,35,41,44,50,55H,21-27,30-31H2,1-5H3,(H,51,56)(H,57,58)/t41?,44-/m0/s1. The number of carboxylic acid groups (broad SMARTS) is 1. The van der Waals surface area contributed by atoms with Crippen molar-refractivity contribution < 1.29 is 23.9 Å². The van der Waals surface area contributed by atoms with Crippen LogP contribution >= 0.6 is 0 Å². The molecular formula is C49H57N5O7Si.